The number of halogens is 1. The predicted molar refractivity (Wildman–Crippen MR) is 64.4 cm³/mol. The molecule has 0 saturated heterocycles. The van der Waals surface area contributed by atoms with Gasteiger partial charge in [0.25, 0.3) is 0 Å². The van der Waals surface area contributed by atoms with Crippen LogP contribution in [0, 0.1) is 11.7 Å². The van der Waals surface area contributed by atoms with Gasteiger partial charge in [0, 0.05) is 13.6 Å². The van der Waals surface area contributed by atoms with Gasteiger partial charge in [-0.25, -0.2) is 17.1 Å². The molecule has 1 aromatic rings. The van der Waals surface area contributed by atoms with Crippen LogP contribution < -0.4 is 5.73 Å². The number of hydrogen-bond donors (Lipinski definition) is 1. The van der Waals surface area contributed by atoms with E-state index in [2.05, 4.69) is 0 Å². The molecule has 0 aromatic heterocycles. The molecule has 0 bridgehead atoms. The molecule has 0 radical (unpaired) electrons. The molecule has 1 rings (SSSR count). The summed E-state index contributed by atoms with van der Waals surface area (Å²) in [5, 5.41) is 0. The highest BCUT2D eigenvalue weighted by Gasteiger charge is 2.24. The van der Waals surface area contributed by atoms with E-state index in [-0.39, 0.29) is 17.4 Å². The van der Waals surface area contributed by atoms with E-state index in [0.717, 1.165) is 10.4 Å². The molecular formula is C11H17FN2O2S. The van der Waals surface area contributed by atoms with Crippen LogP contribution in [0.4, 0.5) is 4.39 Å². The van der Waals surface area contributed by atoms with Crippen LogP contribution in [-0.2, 0) is 10.0 Å². The van der Waals surface area contributed by atoms with Crippen molar-refractivity contribution in [2.75, 3.05) is 20.1 Å². The summed E-state index contributed by atoms with van der Waals surface area (Å²) in [4.78, 5) is -0.299. The predicted octanol–water partition coefficient (Wildman–Crippen LogP) is 1.04. The molecule has 0 aliphatic carbocycles. The smallest absolute Gasteiger partial charge is 0.245 e. The molecule has 96 valence electrons. The minimum atomic E-state index is -3.77. The van der Waals surface area contributed by atoms with Crippen LogP contribution in [0.15, 0.2) is 29.2 Å². The zero-order valence-corrected chi connectivity index (χ0v) is 10.7. The van der Waals surface area contributed by atoms with E-state index >= 15 is 0 Å². The van der Waals surface area contributed by atoms with Crippen molar-refractivity contribution in [3.63, 3.8) is 0 Å². The van der Waals surface area contributed by atoms with Gasteiger partial charge in [-0.15, -0.1) is 0 Å². The molecule has 17 heavy (non-hydrogen) atoms. The molecule has 4 nitrogen and oxygen atoms in total. The van der Waals surface area contributed by atoms with Crippen molar-refractivity contribution in [1.82, 2.24) is 4.31 Å². The third-order valence-electron chi connectivity index (χ3n) is 2.50. The summed E-state index contributed by atoms with van der Waals surface area (Å²) in [7, 11) is -2.35. The molecule has 6 heteroatoms. The van der Waals surface area contributed by atoms with E-state index in [9.17, 15) is 12.8 Å². The molecule has 1 atom stereocenters. The number of hydrogen-bond acceptors (Lipinski definition) is 3. The quantitative estimate of drug-likeness (QED) is 0.860. The summed E-state index contributed by atoms with van der Waals surface area (Å²) in [6.07, 6.45) is 0. The van der Waals surface area contributed by atoms with Gasteiger partial charge in [-0.1, -0.05) is 19.1 Å². The maximum atomic E-state index is 13.4. The van der Waals surface area contributed by atoms with Crippen molar-refractivity contribution >= 4 is 10.0 Å². The maximum Gasteiger partial charge on any atom is 0.245 e. The summed E-state index contributed by atoms with van der Waals surface area (Å²) in [6.45, 7) is 2.50. The lowest BCUT2D eigenvalue weighted by atomic mass is 10.2. The minimum Gasteiger partial charge on any atom is -0.330 e. The third-order valence-corrected chi connectivity index (χ3v) is 4.35. The normalized spacial score (nSPS) is 13.9. The summed E-state index contributed by atoms with van der Waals surface area (Å²) < 4.78 is 38.7. The van der Waals surface area contributed by atoms with Crippen LogP contribution in [0.1, 0.15) is 6.92 Å². The number of nitrogens with zero attached hydrogens (tertiary/aromatic N) is 1. The number of benzene rings is 1. The molecule has 2 N–H and O–H groups in total. The number of nitrogens with two attached hydrogens (primary N) is 1. The van der Waals surface area contributed by atoms with Crippen molar-refractivity contribution in [2.24, 2.45) is 11.7 Å². The van der Waals surface area contributed by atoms with Gasteiger partial charge in [-0.3, -0.25) is 0 Å². The molecule has 0 aliphatic heterocycles. The largest absolute Gasteiger partial charge is 0.330 e. The fraction of sp³-hybridized carbons (Fsp3) is 0.455. The van der Waals surface area contributed by atoms with E-state index in [0.29, 0.717) is 6.54 Å². The van der Waals surface area contributed by atoms with Crippen LogP contribution in [-0.4, -0.2) is 32.9 Å². The molecular weight excluding hydrogens is 243 g/mol. The molecule has 0 aliphatic rings. The monoisotopic (exact) mass is 260 g/mol. The molecule has 1 unspecified atom stereocenters. The van der Waals surface area contributed by atoms with E-state index in [1.165, 1.54) is 25.2 Å². The van der Waals surface area contributed by atoms with Crippen molar-refractivity contribution in [1.29, 1.82) is 0 Å². The first-order valence-corrected chi connectivity index (χ1v) is 6.74. The van der Waals surface area contributed by atoms with E-state index in [1.807, 2.05) is 6.92 Å². The Balaban J connectivity index is 3.00. The molecule has 0 heterocycles. The second kappa shape index (κ2) is 5.57. The van der Waals surface area contributed by atoms with Gasteiger partial charge in [0.1, 0.15) is 10.7 Å². The Morgan fingerprint density at radius 1 is 1.41 bits per heavy atom. The second-order valence-corrected chi connectivity index (χ2v) is 6.07. The van der Waals surface area contributed by atoms with Crippen molar-refractivity contribution < 1.29 is 12.8 Å². The lowest BCUT2D eigenvalue weighted by Crippen LogP contribution is -2.33. The number of rotatable bonds is 5. The average molecular weight is 260 g/mol. The molecule has 0 saturated carbocycles. The molecule has 1 aromatic carbocycles. The zero-order chi connectivity index (χ0) is 13.1. The Morgan fingerprint density at radius 3 is 2.53 bits per heavy atom. The Hall–Kier alpha value is -0.980. The van der Waals surface area contributed by atoms with Crippen LogP contribution in [0.25, 0.3) is 0 Å². The van der Waals surface area contributed by atoms with Gasteiger partial charge >= 0.3 is 0 Å². The third kappa shape index (κ3) is 3.24. The SMILES string of the molecule is CC(CN)CN(C)S(=O)(=O)c1ccccc1F. The summed E-state index contributed by atoms with van der Waals surface area (Å²) in [6, 6.07) is 5.34. The van der Waals surface area contributed by atoms with Gasteiger partial charge in [0.2, 0.25) is 10.0 Å². The van der Waals surface area contributed by atoms with E-state index < -0.39 is 15.8 Å². The standard InChI is InChI=1S/C11H17FN2O2S/c1-9(7-13)8-14(2)17(15,16)11-6-4-3-5-10(11)12/h3-6,9H,7-8,13H2,1-2H3. The Bertz CT molecular complexity index is 476. The van der Waals surface area contributed by atoms with Crippen LogP contribution in [0.5, 0.6) is 0 Å². The summed E-state index contributed by atoms with van der Waals surface area (Å²) in [5.41, 5.74) is 5.44. The number of sulfonamides is 1. The fourth-order valence-corrected chi connectivity index (χ4v) is 2.78. The summed E-state index contributed by atoms with van der Waals surface area (Å²) >= 11 is 0. The second-order valence-electron chi connectivity index (χ2n) is 4.06. The Labute approximate surface area is 101 Å². The highest BCUT2D eigenvalue weighted by molar-refractivity contribution is 7.89. The van der Waals surface area contributed by atoms with Crippen molar-refractivity contribution in [3.8, 4) is 0 Å². The molecule has 0 spiro atoms. The molecule has 0 fully saturated rings. The van der Waals surface area contributed by atoms with Crippen LogP contribution >= 0.6 is 0 Å². The highest BCUT2D eigenvalue weighted by atomic mass is 32.2. The topological polar surface area (TPSA) is 63.4 Å². The zero-order valence-electron chi connectivity index (χ0n) is 9.93. The average Bonchev–Trinajstić information content (AvgIpc) is 2.29. The van der Waals surface area contributed by atoms with Crippen molar-refractivity contribution in [3.05, 3.63) is 30.1 Å². The van der Waals surface area contributed by atoms with Gasteiger partial charge in [-0.2, -0.15) is 0 Å². The maximum absolute atomic E-state index is 13.4. The van der Waals surface area contributed by atoms with E-state index in [1.54, 1.807) is 0 Å². The minimum absolute atomic E-state index is 0.0292. The summed E-state index contributed by atoms with van der Waals surface area (Å²) in [5.74, 6) is -0.707. The van der Waals surface area contributed by atoms with Gasteiger partial charge in [-0.05, 0) is 24.6 Å². The first kappa shape index (κ1) is 14.1. The lowest BCUT2D eigenvalue weighted by Gasteiger charge is -2.20. The first-order chi connectivity index (χ1) is 7.89. The first-order valence-electron chi connectivity index (χ1n) is 5.30. The van der Waals surface area contributed by atoms with Crippen LogP contribution in [0.2, 0.25) is 0 Å². The molecule has 0 amide bonds. The fourth-order valence-electron chi connectivity index (χ4n) is 1.43. The van der Waals surface area contributed by atoms with Gasteiger partial charge < -0.3 is 5.73 Å². The van der Waals surface area contributed by atoms with E-state index in [4.69, 9.17) is 5.73 Å². The van der Waals surface area contributed by atoms with Crippen molar-refractivity contribution in [2.45, 2.75) is 11.8 Å². The lowest BCUT2D eigenvalue weighted by molar-refractivity contribution is 0.402. The van der Waals surface area contributed by atoms with Crippen LogP contribution in [0.3, 0.4) is 0 Å². The highest BCUT2D eigenvalue weighted by Crippen LogP contribution is 2.18. The van der Waals surface area contributed by atoms with Gasteiger partial charge in [0.05, 0.1) is 0 Å². The van der Waals surface area contributed by atoms with Gasteiger partial charge in [0.15, 0.2) is 0 Å². The Kier molecular flexibility index (Phi) is 4.62. The Morgan fingerprint density at radius 2 is 2.00 bits per heavy atom.